The van der Waals surface area contributed by atoms with Crippen molar-refractivity contribution in [2.24, 2.45) is 0 Å². The molecule has 0 saturated carbocycles. The maximum Gasteiger partial charge on any atom is 0.160 e. The Hall–Kier alpha value is -6.38. The summed E-state index contributed by atoms with van der Waals surface area (Å²) in [4.78, 5) is 10.1. The van der Waals surface area contributed by atoms with Crippen LogP contribution >= 0.6 is 0 Å². The number of benzene rings is 7. The lowest BCUT2D eigenvalue weighted by molar-refractivity contribution is 0.660. The largest absolute Gasteiger partial charge is 0.228 e. The molecule has 2 heteroatoms. The summed E-state index contributed by atoms with van der Waals surface area (Å²) in [5.41, 5.74) is 17.5. The van der Waals surface area contributed by atoms with Crippen LogP contribution in [0.4, 0.5) is 0 Å². The van der Waals surface area contributed by atoms with Crippen molar-refractivity contribution in [3.05, 3.63) is 193 Å². The molecule has 0 amide bonds. The van der Waals surface area contributed by atoms with Gasteiger partial charge in [-0.15, -0.1) is 0 Å². The summed E-state index contributed by atoms with van der Waals surface area (Å²) in [5, 5.41) is 0. The zero-order valence-corrected chi connectivity index (χ0v) is 28.7. The van der Waals surface area contributed by atoms with E-state index in [1.807, 2.05) is 24.3 Å². The third kappa shape index (κ3) is 5.65. The molecule has 8 aromatic rings. The third-order valence-corrected chi connectivity index (χ3v) is 10.3. The van der Waals surface area contributed by atoms with Gasteiger partial charge in [0.05, 0.1) is 11.4 Å². The zero-order chi connectivity index (χ0) is 34.4. The predicted octanol–water partition coefficient (Wildman–Crippen LogP) is 12.8. The average molecular weight is 653 g/mol. The number of hydrogen-bond donors (Lipinski definition) is 0. The summed E-state index contributed by atoms with van der Waals surface area (Å²) in [6, 6.07) is 64.9. The molecular weight excluding hydrogens is 617 g/mol. The normalized spacial score (nSPS) is 12.7. The molecule has 0 bridgehead atoms. The van der Waals surface area contributed by atoms with Crippen molar-refractivity contribution in [2.45, 2.75) is 19.3 Å². The second-order valence-electron chi connectivity index (χ2n) is 13.9. The van der Waals surface area contributed by atoms with Crippen molar-refractivity contribution in [1.29, 1.82) is 0 Å². The molecule has 9 rings (SSSR count). The van der Waals surface area contributed by atoms with Crippen LogP contribution in [0, 0.1) is 0 Å². The van der Waals surface area contributed by atoms with Crippen LogP contribution in [0.25, 0.3) is 78.4 Å². The van der Waals surface area contributed by atoms with Gasteiger partial charge in [0.2, 0.25) is 0 Å². The molecule has 0 spiro atoms. The topological polar surface area (TPSA) is 25.8 Å². The van der Waals surface area contributed by atoms with Gasteiger partial charge in [-0.3, -0.25) is 0 Å². The highest BCUT2D eigenvalue weighted by atomic mass is 14.9. The number of rotatable bonds is 6. The van der Waals surface area contributed by atoms with Gasteiger partial charge >= 0.3 is 0 Å². The van der Waals surface area contributed by atoms with Crippen LogP contribution < -0.4 is 0 Å². The Morgan fingerprint density at radius 3 is 1.47 bits per heavy atom. The van der Waals surface area contributed by atoms with Gasteiger partial charge in [0.1, 0.15) is 0 Å². The van der Waals surface area contributed by atoms with Crippen molar-refractivity contribution in [2.75, 3.05) is 0 Å². The van der Waals surface area contributed by atoms with Gasteiger partial charge in [-0.2, -0.15) is 0 Å². The minimum atomic E-state index is -0.0265. The molecule has 0 atom stereocenters. The lowest BCUT2D eigenvalue weighted by Gasteiger charge is -2.22. The Balaban J connectivity index is 1.06. The smallest absolute Gasteiger partial charge is 0.160 e. The van der Waals surface area contributed by atoms with E-state index in [-0.39, 0.29) is 5.41 Å². The van der Waals surface area contributed by atoms with Gasteiger partial charge in [-0.25, -0.2) is 9.97 Å². The van der Waals surface area contributed by atoms with E-state index in [4.69, 9.17) is 9.97 Å². The van der Waals surface area contributed by atoms with Crippen LogP contribution in [0.5, 0.6) is 0 Å². The van der Waals surface area contributed by atoms with E-state index in [0.717, 1.165) is 33.6 Å². The van der Waals surface area contributed by atoms with Crippen molar-refractivity contribution in [1.82, 2.24) is 9.97 Å². The van der Waals surface area contributed by atoms with Gasteiger partial charge in [-0.1, -0.05) is 172 Å². The predicted molar refractivity (Wildman–Crippen MR) is 212 cm³/mol. The minimum Gasteiger partial charge on any atom is -0.228 e. The average Bonchev–Trinajstić information content (AvgIpc) is 3.44. The molecule has 0 N–H and O–H groups in total. The first-order valence-electron chi connectivity index (χ1n) is 17.6. The van der Waals surface area contributed by atoms with E-state index in [0.29, 0.717) is 5.82 Å². The van der Waals surface area contributed by atoms with E-state index >= 15 is 0 Å². The molecule has 1 aromatic heterocycles. The molecule has 51 heavy (non-hydrogen) atoms. The van der Waals surface area contributed by atoms with Crippen LogP contribution in [0.3, 0.4) is 0 Å². The first-order chi connectivity index (χ1) is 25.0. The van der Waals surface area contributed by atoms with Gasteiger partial charge in [0.25, 0.3) is 0 Å². The molecule has 0 radical (unpaired) electrons. The molecular formula is C49H36N2. The molecule has 1 aliphatic carbocycles. The van der Waals surface area contributed by atoms with Crippen LogP contribution in [-0.2, 0) is 5.41 Å². The second-order valence-corrected chi connectivity index (χ2v) is 13.9. The summed E-state index contributed by atoms with van der Waals surface area (Å²) in [6.07, 6.45) is 0. The van der Waals surface area contributed by atoms with Crippen molar-refractivity contribution >= 4 is 0 Å². The standard InChI is InChI=1S/C49H36N2/c1-49(2)44-22-10-9-21-42(44)43-28-27-40(31-45(43)49)39-19-11-17-37(29-39)34-23-25-35(26-24-34)46-32-47(51-48(50-46)36-15-7-4-8-16-36)41-20-12-18-38(30-41)33-13-5-3-6-14-33/h3-32H,1-2H3. The number of fused-ring (bicyclic) bond motifs is 3. The first-order valence-corrected chi connectivity index (χ1v) is 17.6. The van der Waals surface area contributed by atoms with Crippen molar-refractivity contribution < 1.29 is 0 Å². The second kappa shape index (κ2) is 12.5. The SMILES string of the molecule is CC1(C)c2ccccc2-c2ccc(-c3cccc(-c4ccc(-c5cc(-c6cccc(-c7ccccc7)c6)nc(-c6ccccc6)n5)cc4)c3)cc21. The molecule has 0 saturated heterocycles. The van der Waals surface area contributed by atoms with Crippen molar-refractivity contribution in [3.63, 3.8) is 0 Å². The molecule has 0 unspecified atom stereocenters. The first kappa shape index (κ1) is 30.7. The molecule has 1 aliphatic rings. The highest BCUT2D eigenvalue weighted by molar-refractivity contribution is 5.84. The van der Waals surface area contributed by atoms with E-state index in [1.165, 1.54) is 50.1 Å². The fourth-order valence-electron chi connectivity index (χ4n) is 7.54. The summed E-state index contributed by atoms with van der Waals surface area (Å²) in [6.45, 7) is 4.68. The number of aromatic nitrogens is 2. The Morgan fingerprint density at radius 1 is 0.314 bits per heavy atom. The Labute approximate surface area is 299 Å². The summed E-state index contributed by atoms with van der Waals surface area (Å²) in [5.74, 6) is 0.714. The molecule has 242 valence electrons. The molecule has 1 heterocycles. The quantitative estimate of drug-likeness (QED) is 0.179. The Morgan fingerprint density at radius 2 is 0.765 bits per heavy atom. The van der Waals surface area contributed by atoms with E-state index < -0.39 is 0 Å². The maximum atomic E-state index is 5.08. The van der Waals surface area contributed by atoms with Gasteiger partial charge in [-0.05, 0) is 79.9 Å². The minimum absolute atomic E-state index is 0.0265. The van der Waals surface area contributed by atoms with E-state index in [1.54, 1.807) is 0 Å². The third-order valence-electron chi connectivity index (χ3n) is 10.3. The summed E-state index contributed by atoms with van der Waals surface area (Å²) < 4.78 is 0. The molecule has 2 nitrogen and oxygen atoms in total. The highest BCUT2D eigenvalue weighted by Gasteiger charge is 2.35. The number of nitrogens with zero attached hydrogens (tertiary/aromatic N) is 2. The fraction of sp³-hybridized carbons (Fsp3) is 0.0612. The van der Waals surface area contributed by atoms with Crippen LogP contribution in [0.15, 0.2) is 182 Å². The van der Waals surface area contributed by atoms with Gasteiger partial charge in [0.15, 0.2) is 5.82 Å². The lowest BCUT2D eigenvalue weighted by Crippen LogP contribution is -2.14. The van der Waals surface area contributed by atoms with Crippen LogP contribution in [-0.4, -0.2) is 9.97 Å². The molecule has 0 fully saturated rings. The molecule has 0 aliphatic heterocycles. The Kier molecular flexibility index (Phi) is 7.51. The van der Waals surface area contributed by atoms with Crippen molar-refractivity contribution in [3.8, 4) is 78.4 Å². The van der Waals surface area contributed by atoms with Gasteiger partial charge < -0.3 is 0 Å². The lowest BCUT2D eigenvalue weighted by atomic mass is 9.81. The van der Waals surface area contributed by atoms with E-state index in [2.05, 4.69) is 172 Å². The summed E-state index contributed by atoms with van der Waals surface area (Å²) >= 11 is 0. The monoisotopic (exact) mass is 652 g/mol. The zero-order valence-electron chi connectivity index (χ0n) is 28.7. The van der Waals surface area contributed by atoms with Crippen LogP contribution in [0.1, 0.15) is 25.0 Å². The summed E-state index contributed by atoms with van der Waals surface area (Å²) in [7, 11) is 0. The highest BCUT2D eigenvalue weighted by Crippen LogP contribution is 2.49. The molecule has 7 aromatic carbocycles. The Bertz CT molecular complexity index is 2530. The maximum absolute atomic E-state index is 5.08. The van der Waals surface area contributed by atoms with Gasteiger partial charge in [0, 0.05) is 22.1 Å². The van der Waals surface area contributed by atoms with E-state index in [9.17, 15) is 0 Å². The fourth-order valence-corrected chi connectivity index (χ4v) is 7.54. The number of hydrogen-bond acceptors (Lipinski definition) is 2. The van der Waals surface area contributed by atoms with Crippen LogP contribution in [0.2, 0.25) is 0 Å².